The van der Waals surface area contributed by atoms with Gasteiger partial charge in [0.15, 0.2) is 6.10 Å². The smallest absolute Gasteiger partial charge is 0.265 e. The molecule has 3 N–H and O–H groups in total. The van der Waals surface area contributed by atoms with Gasteiger partial charge in [-0.25, -0.2) is 0 Å². The molecule has 1 saturated heterocycles. The van der Waals surface area contributed by atoms with Crippen molar-refractivity contribution in [2.45, 2.75) is 38.5 Å². The zero-order valence-electron chi connectivity index (χ0n) is 13.9. The fraction of sp³-hybridized carbons (Fsp3) is 0.529. The second-order valence-electron chi connectivity index (χ2n) is 6.05. The monoisotopic (exact) mass is 333 g/mol. The summed E-state index contributed by atoms with van der Waals surface area (Å²) in [6, 6.07) is 5.35. The van der Waals surface area contributed by atoms with Crippen LogP contribution in [0.5, 0.6) is 5.75 Å². The Balaban J connectivity index is 1.68. The number of morpholine rings is 1. The Bertz CT molecular complexity index is 628. The highest BCUT2D eigenvalue weighted by Crippen LogP contribution is 2.33. The van der Waals surface area contributed by atoms with Crippen LogP contribution >= 0.6 is 0 Å². The van der Waals surface area contributed by atoms with Crippen LogP contribution in [0.3, 0.4) is 0 Å². The third kappa shape index (κ3) is 3.52. The Morgan fingerprint density at radius 2 is 2.29 bits per heavy atom. The molecule has 0 radical (unpaired) electrons. The highest BCUT2D eigenvalue weighted by Gasteiger charge is 2.27. The summed E-state index contributed by atoms with van der Waals surface area (Å²) in [5, 5.41) is 8.94. The molecule has 2 aliphatic heterocycles. The minimum absolute atomic E-state index is 0.124. The lowest BCUT2D eigenvalue weighted by atomic mass is 10.1. The maximum absolute atomic E-state index is 12.2. The summed E-state index contributed by atoms with van der Waals surface area (Å²) in [6.07, 6.45) is -0.327. The molecule has 0 aliphatic carbocycles. The molecule has 2 aliphatic rings. The SMILES string of the molecule is CCC1Oc2cc(C(C)NC(=O)C3CNCCO3)ccc2NC1=O. The number of carbonyl (C=O) groups excluding carboxylic acids is 2. The van der Waals surface area contributed by atoms with E-state index in [2.05, 4.69) is 16.0 Å². The van der Waals surface area contributed by atoms with Gasteiger partial charge in [0.05, 0.1) is 18.3 Å². The van der Waals surface area contributed by atoms with E-state index in [4.69, 9.17) is 9.47 Å². The summed E-state index contributed by atoms with van der Waals surface area (Å²) < 4.78 is 11.2. The quantitative estimate of drug-likeness (QED) is 0.764. The number of ether oxygens (including phenoxy) is 2. The number of hydrogen-bond donors (Lipinski definition) is 3. The van der Waals surface area contributed by atoms with E-state index in [0.717, 1.165) is 12.1 Å². The fourth-order valence-corrected chi connectivity index (χ4v) is 2.82. The van der Waals surface area contributed by atoms with Crippen LogP contribution in [0.4, 0.5) is 5.69 Å². The van der Waals surface area contributed by atoms with Crippen LogP contribution in [0, 0.1) is 0 Å². The van der Waals surface area contributed by atoms with E-state index in [9.17, 15) is 9.59 Å². The molecular weight excluding hydrogens is 310 g/mol. The van der Waals surface area contributed by atoms with Crippen molar-refractivity contribution in [3.8, 4) is 5.75 Å². The van der Waals surface area contributed by atoms with Gasteiger partial charge in [-0.3, -0.25) is 9.59 Å². The number of rotatable bonds is 4. The Hall–Kier alpha value is -2.12. The molecule has 24 heavy (non-hydrogen) atoms. The molecule has 7 heteroatoms. The summed E-state index contributed by atoms with van der Waals surface area (Å²) >= 11 is 0. The average molecular weight is 333 g/mol. The molecule has 0 spiro atoms. The Kier molecular flexibility index (Phi) is 5.01. The molecule has 3 unspecified atom stereocenters. The Morgan fingerprint density at radius 1 is 1.46 bits per heavy atom. The number of carbonyl (C=O) groups is 2. The first-order valence-electron chi connectivity index (χ1n) is 8.32. The Labute approximate surface area is 141 Å². The molecule has 1 aromatic carbocycles. The van der Waals surface area contributed by atoms with Crippen LogP contribution in [0.15, 0.2) is 18.2 Å². The topological polar surface area (TPSA) is 88.7 Å². The predicted octanol–water partition coefficient (Wildman–Crippen LogP) is 0.962. The number of nitrogens with one attached hydrogen (secondary N) is 3. The lowest BCUT2D eigenvalue weighted by Gasteiger charge is -2.27. The molecule has 7 nitrogen and oxygen atoms in total. The summed E-state index contributed by atoms with van der Waals surface area (Å²) in [6.45, 7) is 5.65. The lowest BCUT2D eigenvalue weighted by molar-refractivity contribution is -0.134. The number of amides is 2. The van der Waals surface area contributed by atoms with Gasteiger partial charge in [0.2, 0.25) is 0 Å². The molecule has 2 amide bonds. The van der Waals surface area contributed by atoms with Crippen LogP contribution in [0.1, 0.15) is 31.9 Å². The van der Waals surface area contributed by atoms with Gasteiger partial charge in [0, 0.05) is 13.1 Å². The van der Waals surface area contributed by atoms with Crippen molar-refractivity contribution < 1.29 is 19.1 Å². The molecule has 1 aromatic rings. The first-order valence-corrected chi connectivity index (χ1v) is 8.32. The summed E-state index contributed by atoms with van der Waals surface area (Å²) in [7, 11) is 0. The van der Waals surface area contributed by atoms with Gasteiger partial charge in [0.25, 0.3) is 11.8 Å². The normalized spacial score (nSPS) is 24.3. The van der Waals surface area contributed by atoms with E-state index >= 15 is 0 Å². The molecule has 130 valence electrons. The van der Waals surface area contributed by atoms with Crippen molar-refractivity contribution in [3.05, 3.63) is 23.8 Å². The number of benzene rings is 1. The van der Waals surface area contributed by atoms with Crippen molar-refractivity contribution in [1.82, 2.24) is 10.6 Å². The molecular formula is C17H23N3O4. The van der Waals surface area contributed by atoms with Crippen LogP contribution in [0.2, 0.25) is 0 Å². The maximum Gasteiger partial charge on any atom is 0.265 e. The van der Waals surface area contributed by atoms with Crippen LogP contribution in [-0.2, 0) is 14.3 Å². The first kappa shape index (κ1) is 16.7. The lowest BCUT2D eigenvalue weighted by Crippen LogP contribution is -2.48. The van der Waals surface area contributed by atoms with Crippen molar-refractivity contribution in [2.24, 2.45) is 0 Å². The molecule has 3 rings (SSSR count). The van der Waals surface area contributed by atoms with Crippen LogP contribution < -0.4 is 20.7 Å². The number of hydrogen-bond acceptors (Lipinski definition) is 5. The average Bonchev–Trinajstić information content (AvgIpc) is 2.61. The van der Waals surface area contributed by atoms with E-state index in [1.54, 1.807) is 6.07 Å². The van der Waals surface area contributed by atoms with Crippen LogP contribution in [-0.4, -0.2) is 43.7 Å². The molecule has 0 bridgehead atoms. The second kappa shape index (κ2) is 7.19. The molecule has 3 atom stereocenters. The molecule has 1 fully saturated rings. The van der Waals surface area contributed by atoms with E-state index in [1.807, 2.05) is 26.0 Å². The fourth-order valence-electron chi connectivity index (χ4n) is 2.82. The zero-order chi connectivity index (χ0) is 17.1. The minimum atomic E-state index is -0.473. The number of fused-ring (bicyclic) bond motifs is 1. The van der Waals surface area contributed by atoms with Crippen LogP contribution in [0.25, 0.3) is 0 Å². The zero-order valence-corrected chi connectivity index (χ0v) is 13.9. The van der Waals surface area contributed by atoms with Gasteiger partial charge in [-0.15, -0.1) is 0 Å². The summed E-state index contributed by atoms with van der Waals surface area (Å²) in [4.78, 5) is 24.1. The third-order valence-corrected chi connectivity index (χ3v) is 4.27. The molecule has 2 heterocycles. The largest absolute Gasteiger partial charge is 0.478 e. The van der Waals surface area contributed by atoms with E-state index < -0.39 is 12.2 Å². The second-order valence-corrected chi connectivity index (χ2v) is 6.05. The van der Waals surface area contributed by atoms with Gasteiger partial charge < -0.3 is 25.4 Å². The van der Waals surface area contributed by atoms with Gasteiger partial charge in [-0.1, -0.05) is 13.0 Å². The molecule has 0 aromatic heterocycles. The highest BCUT2D eigenvalue weighted by atomic mass is 16.5. The van der Waals surface area contributed by atoms with Crippen molar-refractivity contribution in [1.29, 1.82) is 0 Å². The predicted molar refractivity (Wildman–Crippen MR) is 88.9 cm³/mol. The number of anilines is 1. The van der Waals surface area contributed by atoms with E-state index in [0.29, 0.717) is 31.0 Å². The summed E-state index contributed by atoms with van der Waals surface area (Å²) in [5.74, 6) is 0.379. The third-order valence-electron chi connectivity index (χ3n) is 4.27. The van der Waals surface area contributed by atoms with Gasteiger partial charge in [0.1, 0.15) is 11.9 Å². The first-order chi connectivity index (χ1) is 11.6. The van der Waals surface area contributed by atoms with E-state index in [-0.39, 0.29) is 17.9 Å². The van der Waals surface area contributed by atoms with Gasteiger partial charge >= 0.3 is 0 Å². The summed E-state index contributed by atoms with van der Waals surface area (Å²) in [5.41, 5.74) is 1.57. The highest BCUT2D eigenvalue weighted by molar-refractivity contribution is 5.97. The van der Waals surface area contributed by atoms with Crippen molar-refractivity contribution >= 4 is 17.5 Å². The minimum Gasteiger partial charge on any atom is -0.478 e. The van der Waals surface area contributed by atoms with Gasteiger partial charge in [-0.2, -0.15) is 0 Å². The van der Waals surface area contributed by atoms with E-state index in [1.165, 1.54) is 0 Å². The molecule has 0 saturated carbocycles. The van der Waals surface area contributed by atoms with Gasteiger partial charge in [-0.05, 0) is 31.0 Å². The standard InChI is InChI=1S/C17H23N3O4/c1-3-13-16(21)20-12-5-4-11(8-14(12)24-13)10(2)19-17(22)15-9-18-6-7-23-15/h4-5,8,10,13,15,18H,3,6-7,9H2,1-2H3,(H,19,22)(H,20,21). The van der Waals surface area contributed by atoms with Crippen molar-refractivity contribution in [2.75, 3.05) is 25.0 Å². The van der Waals surface area contributed by atoms with Crippen molar-refractivity contribution in [3.63, 3.8) is 0 Å². The maximum atomic E-state index is 12.2. The Morgan fingerprint density at radius 3 is 3.00 bits per heavy atom.